The SMILES string of the molecule is C/C(=C\SC(C)Cl)C(CN1CCN(C)CC1)C1(O)CCCCC1. The molecule has 134 valence electrons. The molecule has 3 nitrogen and oxygen atoms in total. The van der Waals surface area contributed by atoms with Crippen molar-refractivity contribution < 1.29 is 5.11 Å². The Morgan fingerprint density at radius 3 is 2.39 bits per heavy atom. The summed E-state index contributed by atoms with van der Waals surface area (Å²) in [5.74, 6) is 0.231. The highest BCUT2D eigenvalue weighted by Crippen LogP contribution is 2.39. The molecule has 1 N–H and O–H groups in total. The Bertz CT molecular complexity index is 388. The van der Waals surface area contributed by atoms with Crippen molar-refractivity contribution in [2.24, 2.45) is 5.92 Å². The maximum atomic E-state index is 11.3. The molecule has 1 aliphatic carbocycles. The fraction of sp³-hybridized carbons (Fsp3) is 0.889. The number of hydrogen-bond donors (Lipinski definition) is 1. The summed E-state index contributed by atoms with van der Waals surface area (Å²) in [5, 5.41) is 13.5. The minimum Gasteiger partial charge on any atom is -0.389 e. The first-order valence-electron chi connectivity index (χ1n) is 9.00. The van der Waals surface area contributed by atoms with E-state index in [0.29, 0.717) is 0 Å². The van der Waals surface area contributed by atoms with E-state index in [2.05, 4.69) is 29.2 Å². The highest BCUT2D eigenvalue weighted by molar-refractivity contribution is 8.03. The van der Waals surface area contributed by atoms with Crippen LogP contribution in [-0.4, -0.2) is 65.0 Å². The number of thioether (sulfide) groups is 1. The smallest absolute Gasteiger partial charge is 0.0801 e. The molecule has 0 aromatic carbocycles. The van der Waals surface area contributed by atoms with Gasteiger partial charge >= 0.3 is 0 Å². The molecule has 23 heavy (non-hydrogen) atoms. The second-order valence-corrected chi connectivity index (χ2v) is 9.49. The number of rotatable bonds is 6. The van der Waals surface area contributed by atoms with Crippen molar-refractivity contribution in [1.82, 2.24) is 9.80 Å². The van der Waals surface area contributed by atoms with E-state index < -0.39 is 5.60 Å². The molecule has 0 aromatic rings. The maximum absolute atomic E-state index is 11.3. The predicted octanol–water partition coefficient (Wildman–Crippen LogP) is 3.77. The van der Waals surface area contributed by atoms with Gasteiger partial charge in [-0.3, -0.25) is 0 Å². The number of halogens is 1. The average molecular weight is 361 g/mol. The van der Waals surface area contributed by atoms with Crippen molar-refractivity contribution in [2.45, 2.75) is 56.3 Å². The van der Waals surface area contributed by atoms with E-state index in [1.807, 2.05) is 6.92 Å². The summed E-state index contributed by atoms with van der Waals surface area (Å²) in [6.45, 7) is 9.62. The van der Waals surface area contributed by atoms with Crippen LogP contribution in [-0.2, 0) is 0 Å². The Morgan fingerprint density at radius 2 is 1.83 bits per heavy atom. The first-order chi connectivity index (χ1) is 10.9. The van der Waals surface area contributed by atoms with Gasteiger partial charge in [-0.15, -0.1) is 23.4 Å². The molecule has 1 saturated heterocycles. The third-order valence-electron chi connectivity index (χ3n) is 5.40. The van der Waals surface area contributed by atoms with Crippen molar-refractivity contribution in [2.75, 3.05) is 39.8 Å². The number of aliphatic hydroxyl groups is 1. The monoisotopic (exact) mass is 360 g/mol. The number of hydrogen-bond acceptors (Lipinski definition) is 4. The molecule has 2 fully saturated rings. The second-order valence-electron chi connectivity index (χ2n) is 7.36. The van der Waals surface area contributed by atoms with E-state index >= 15 is 0 Å². The van der Waals surface area contributed by atoms with Crippen LogP contribution in [0.25, 0.3) is 0 Å². The number of likely N-dealkylation sites (N-methyl/N-ethyl adjacent to an activating group) is 1. The molecule has 1 saturated carbocycles. The van der Waals surface area contributed by atoms with Crippen LogP contribution in [0.3, 0.4) is 0 Å². The maximum Gasteiger partial charge on any atom is 0.0801 e. The van der Waals surface area contributed by atoms with E-state index in [0.717, 1.165) is 58.4 Å². The molecule has 2 atom stereocenters. The van der Waals surface area contributed by atoms with E-state index in [9.17, 15) is 5.11 Å². The highest BCUT2D eigenvalue weighted by Gasteiger charge is 2.39. The number of piperazine rings is 1. The van der Waals surface area contributed by atoms with Gasteiger partial charge in [-0.25, -0.2) is 0 Å². The van der Waals surface area contributed by atoms with Crippen molar-refractivity contribution in [3.63, 3.8) is 0 Å². The van der Waals surface area contributed by atoms with Gasteiger partial charge in [0.15, 0.2) is 0 Å². The Labute approximate surface area is 151 Å². The van der Waals surface area contributed by atoms with Gasteiger partial charge in [0.05, 0.1) is 10.3 Å². The molecule has 0 bridgehead atoms. The van der Waals surface area contributed by atoms with Gasteiger partial charge in [0, 0.05) is 38.6 Å². The molecular weight excluding hydrogens is 328 g/mol. The lowest BCUT2D eigenvalue weighted by molar-refractivity contribution is -0.0490. The van der Waals surface area contributed by atoms with Gasteiger partial charge in [0.1, 0.15) is 0 Å². The van der Waals surface area contributed by atoms with Gasteiger partial charge in [0.2, 0.25) is 0 Å². The third-order valence-corrected chi connectivity index (χ3v) is 6.59. The van der Waals surface area contributed by atoms with E-state index in [4.69, 9.17) is 11.6 Å². The summed E-state index contributed by atoms with van der Waals surface area (Å²) in [7, 11) is 2.19. The van der Waals surface area contributed by atoms with Crippen LogP contribution in [0, 0.1) is 5.92 Å². The Morgan fingerprint density at radius 1 is 1.22 bits per heavy atom. The Kier molecular flexibility index (Phi) is 7.74. The minimum atomic E-state index is -0.529. The average Bonchev–Trinajstić information content (AvgIpc) is 2.52. The third kappa shape index (κ3) is 5.93. The molecule has 0 radical (unpaired) electrons. The Balaban J connectivity index is 2.08. The summed E-state index contributed by atoms with van der Waals surface area (Å²) in [6, 6.07) is 0. The summed E-state index contributed by atoms with van der Waals surface area (Å²) in [4.78, 5) is 4.91. The molecule has 1 heterocycles. The van der Waals surface area contributed by atoms with Crippen LogP contribution in [0.5, 0.6) is 0 Å². The van der Waals surface area contributed by atoms with Crippen molar-refractivity contribution in [1.29, 1.82) is 0 Å². The Hall–Kier alpha value is 0.260. The van der Waals surface area contributed by atoms with Gasteiger partial charge in [-0.2, -0.15) is 0 Å². The molecule has 0 aromatic heterocycles. The van der Waals surface area contributed by atoms with Crippen LogP contribution >= 0.6 is 23.4 Å². The van der Waals surface area contributed by atoms with Crippen molar-refractivity contribution >= 4 is 23.4 Å². The topological polar surface area (TPSA) is 26.7 Å². The van der Waals surface area contributed by atoms with Crippen LogP contribution in [0.2, 0.25) is 0 Å². The summed E-state index contributed by atoms with van der Waals surface area (Å²) in [5.41, 5.74) is 0.768. The zero-order valence-corrected chi connectivity index (χ0v) is 16.5. The normalized spacial score (nSPS) is 26.9. The number of alkyl halides is 1. The molecule has 0 amide bonds. The quantitative estimate of drug-likeness (QED) is 0.729. The van der Waals surface area contributed by atoms with Crippen LogP contribution in [0.1, 0.15) is 46.0 Å². The van der Waals surface area contributed by atoms with Gasteiger partial charge < -0.3 is 14.9 Å². The van der Waals surface area contributed by atoms with Crippen LogP contribution < -0.4 is 0 Å². The van der Waals surface area contributed by atoms with Gasteiger partial charge in [-0.1, -0.05) is 24.8 Å². The minimum absolute atomic E-state index is 0.0789. The molecule has 2 unspecified atom stereocenters. The molecular formula is C18H33ClN2OS. The van der Waals surface area contributed by atoms with Crippen molar-refractivity contribution in [3.8, 4) is 0 Å². The predicted molar refractivity (Wildman–Crippen MR) is 102 cm³/mol. The van der Waals surface area contributed by atoms with E-state index in [1.165, 1.54) is 12.0 Å². The van der Waals surface area contributed by atoms with Crippen molar-refractivity contribution in [3.05, 3.63) is 11.0 Å². The largest absolute Gasteiger partial charge is 0.389 e. The summed E-state index contributed by atoms with van der Waals surface area (Å²) >= 11 is 7.75. The lowest BCUT2D eigenvalue weighted by Crippen LogP contribution is -2.51. The lowest BCUT2D eigenvalue weighted by atomic mass is 9.73. The number of nitrogens with zero attached hydrogens (tertiary/aromatic N) is 2. The summed E-state index contributed by atoms with van der Waals surface area (Å²) in [6.07, 6.45) is 5.46. The van der Waals surface area contributed by atoms with Gasteiger partial charge in [0.25, 0.3) is 0 Å². The standard InChI is InChI=1S/C18H33ClN2OS/c1-15(14-23-16(2)19)17(18(22)7-5-4-6-8-18)13-21-11-9-20(3)10-12-21/h14,16-17,22H,4-13H2,1-3H3/b15-14+. The molecule has 1 aliphatic heterocycles. The van der Waals surface area contributed by atoms with Gasteiger partial charge in [-0.05, 0) is 39.1 Å². The summed E-state index contributed by atoms with van der Waals surface area (Å²) < 4.78 is 0.0789. The zero-order valence-electron chi connectivity index (χ0n) is 14.9. The fourth-order valence-corrected chi connectivity index (χ4v) is 4.54. The lowest BCUT2D eigenvalue weighted by Gasteiger charge is -2.43. The van der Waals surface area contributed by atoms with Crippen LogP contribution in [0.4, 0.5) is 0 Å². The van der Waals surface area contributed by atoms with Crippen LogP contribution in [0.15, 0.2) is 11.0 Å². The van der Waals surface area contributed by atoms with E-state index in [-0.39, 0.29) is 10.6 Å². The molecule has 2 aliphatic rings. The fourth-order valence-electron chi connectivity index (χ4n) is 3.82. The highest BCUT2D eigenvalue weighted by atomic mass is 35.5. The molecule has 0 spiro atoms. The zero-order chi connectivity index (χ0) is 16.9. The van der Waals surface area contributed by atoms with E-state index in [1.54, 1.807) is 11.8 Å². The second kappa shape index (κ2) is 9.10. The first kappa shape index (κ1) is 19.6. The molecule has 2 rings (SSSR count). The first-order valence-corrected chi connectivity index (χ1v) is 10.4. The molecule has 5 heteroatoms.